The third kappa shape index (κ3) is 6.37. The summed E-state index contributed by atoms with van der Waals surface area (Å²) in [4.78, 5) is 52.0. The molecule has 7 rings (SSSR count). The summed E-state index contributed by atoms with van der Waals surface area (Å²) in [6, 6.07) is 8.85. The largest absolute Gasteiger partial charge is 0.394 e. The second-order valence-electron chi connectivity index (χ2n) is 12.7. The first-order valence-electron chi connectivity index (χ1n) is 16.1. The number of nitrogens with one attached hydrogen (secondary N) is 1. The van der Waals surface area contributed by atoms with E-state index in [1.54, 1.807) is 11.0 Å². The number of halogens is 3. The molecule has 3 aromatic rings. The Morgan fingerprint density at radius 2 is 1.77 bits per heavy atom. The zero-order valence-corrected chi connectivity index (χ0v) is 26.9. The van der Waals surface area contributed by atoms with E-state index in [1.165, 1.54) is 11.8 Å². The van der Waals surface area contributed by atoms with Crippen molar-refractivity contribution in [1.29, 1.82) is 0 Å². The molecule has 47 heavy (non-hydrogen) atoms. The molecule has 3 N–H and O–H groups in total. The first-order chi connectivity index (χ1) is 22.4. The number of carbonyl (C=O) groups is 4. The van der Waals surface area contributed by atoms with Crippen molar-refractivity contribution in [1.82, 2.24) is 20.0 Å². The van der Waals surface area contributed by atoms with Crippen LogP contribution in [0.3, 0.4) is 0 Å². The van der Waals surface area contributed by atoms with E-state index in [-0.39, 0.29) is 23.8 Å². The van der Waals surface area contributed by atoms with Gasteiger partial charge in [0.2, 0.25) is 18.2 Å². The zero-order valence-electron chi connectivity index (χ0n) is 26.9. The van der Waals surface area contributed by atoms with Crippen LogP contribution in [0, 0.1) is 5.41 Å². The number of anilines is 1. The number of piperidine rings is 2. The molecule has 13 heteroatoms. The molecule has 252 valence electrons. The number of amides is 4. The maximum Gasteiger partial charge on any atom is 0.394 e. The van der Waals surface area contributed by atoms with Crippen LogP contribution in [0.1, 0.15) is 80.8 Å². The lowest BCUT2D eigenvalue weighted by Crippen LogP contribution is -2.53. The molecule has 1 aliphatic carbocycles. The van der Waals surface area contributed by atoms with Crippen molar-refractivity contribution in [3.8, 4) is 0 Å². The fourth-order valence-corrected chi connectivity index (χ4v) is 6.43. The highest BCUT2D eigenvalue weighted by Crippen LogP contribution is 2.56. The molecule has 1 aromatic heterocycles. The first-order valence-corrected chi connectivity index (χ1v) is 16.1. The summed E-state index contributed by atoms with van der Waals surface area (Å²) < 4.78 is 36.8. The summed E-state index contributed by atoms with van der Waals surface area (Å²) in [6.45, 7) is 7.01. The van der Waals surface area contributed by atoms with Crippen LogP contribution in [-0.4, -0.2) is 70.7 Å². The van der Waals surface area contributed by atoms with Gasteiger partial charge in [-0.3, -0.25) is 34.1 Å². The average molecular weight is 655 g/mol. The molecule has 4 aliphatic rings. The summed E-state index contributed by atoms with van der Waals surface area (Å²) in [6.07, 6.45) is 4.09. The molecule has 0 spiro atoms. The van der Waals surface area contributed by atoms with Crippen LogP contribution < -0.4 is 16.0 Å². The fourth-order valence-electron chi connectivity index (χ4n) is 6.43. The minimum atomic E-state index is -3.95. The van der Waals surface area contributed by atoms with Gasteiger partial charge in [-0.05, 0) is 60.7 Å². The number of carbonyl (C=O) groups excluding carboxylic acids is 4. The van der Waals surface area contributed by atoms with Crippen LogP contribution in [0.5, 0.6) is 0 Å². The number of aromatic nitrogens is 2. The van der Waals surface area contributed by atoms with E-state index in [0.717, 1.165) is 41.2 Å². The van der Waals surface area contributed by atoms with Crippen molar-refractivity contribution in [2.45, 2.75) is 83.5 Å². The molecule has 1 saturated carbocycles. The van der Waals surface area contributed by atoms with Gasteiger partial charge in [0.25, 0.3) is 5.91 Å². The molecule has 1 unspecified atom stereocenters. The topological polar surface area (TPSA) is 131 Å². The number of hydrogen-bond acceptors (Lipinski definition) is 6. The van der Waals surface area contributed by atoms with Crippen molar-refractivity contribution >= 4 is 40.6 Å². The molecular formula is C34H41F3N6O4. The quantitative estimate of drug-likeness (QED) is 0.294. The van der Waals surface area contributed by atoms with Crippen molar-refractivity contribution in [3.63, 3.8) is 0 Å². The van der Waals surface area contributed by atoms with Gasteiger partial charge in [0.05, 0.1) is 22.8 Å². The normalized spacial score (nSPS) is 21.0. The molecule has 4 heterocycles. The van der Waals surface area contributed by atoms with Crippen LogP contribution >= 0.6 is 0 Å². The standard InChI is InChI=1S/C27H28N6O4.C5H7F3.C2H6/c28-15-27(8-10-31(16-34)11-9-27)32-14-17(13-29-32)12-18-4-5-21-24-19(18)2-1-3-20(24)26(37)33(21)22-6-7-23(35)30-25(22)36;1-4(2-3-4)5(6,7)8;1-2/h1-5,13-14,16,22H,6-12,15,28H2,(H,30,35,36);2-3H2,1H3;1-2H3. The van der Waals surface area contributed by atoms with Gasteiger partial charge in [-0.15, -0.1) is 0 Å². The number of imide groups is 1. The lowest BCUT2D eigenvalue weighted by atomic mass is 9.88. The van der Waals surface area contributed by atoms with E-state index in [1.807, 2.05) is 55.2 Å². The number of alkyl halides is 3. The predicted octanol–water partition coefficient (Wildman–Crippen LogP) is 4.67. The summed E-state index contributed by atoms with van der Waals surface area (Å²) in [7, 11) is 0. The second kappa shape index (κ2) is 13.1. The lowest BCUT2D eigenvalue weighted by Gasteiger charge is -2.40. The second-order valence-corrected chi connectivity index (χ2v) is 12.7. The number of hydrogen-bond donors (Lipinski definition) is 2. The van der Waals surface area contributed by atoms with E-state index in [2.05, 4.69) is 10.4 Å². The molecule has 10 nitrogen and oxygen atoms in total. The number of benzene rings is 2. The van der Waals surface area contributed by atoms with Crippen LogP contribution in [-0.2, 0) is 26.3 Å². The fraction of sp³-hybridized carbons (Fsp3) is 0.500. The minimum Gasteiger partial charge on any atom is -0.345 e. The summed E-state index contributed by atoms with van der Waals surface area (Å²) in [5.41, 5.74) is 7.91. The molecule has 2 aromatic carbocycles. The Morgan fingerprint density at radius 3 is 2.34 bits per heavy atom. The SMILES string of the molecule is CC.CC1(C(F)(F)F)CC1.NCC1(n2cc(Cc3ccc4c5c(cccc35)C(=O)N4C3CCC(=O)NC3=O)cn2)CCN(C=O)CC1. The molecule has 0 bridgehead atoms. The first kappa shape index (κ1) is 34.1. The Morgan fingerprint density at radius 1 is 1.06 bits per heavy atom. The smallest absolute Gasteiger partial charge is 0.345 e. The molecule has 3 fully saturated rings. The Kier molecular flexibility index (Phi) is 9.50. The lowest BCUT2D eigenvalue weighted by molar-refractivity contribution is -0.181. The average Bonchev–Trinajstić information content (AvgIpc) is 3.56. The summed E-state index contributed by atoms with van der Waals surface area (Å²) in [5, 5.41) is 8.81. The van der Waals surface area contributed by atoms with Gasteiger partial charge < -0.3 is 10.6 Å². The van der Waals surface area contributed by atoms with E-state index >= 15 is 0 Å². The van der Waals surface area contributed by atoms with E-state index in [4.69, 9.17) is 5.73 Å². The van der Waals surface area contributed by atoms with Gasteiger partial charge in [-0.2, -0.15) is 18.3 Å². The Labute approximate surface area is 271 Å². The number of nitrogens with zero attached hydrogens (tertiary/aromatic N) is 4. The van der Waals surface area contributed by atoms with Gasteiger partial charge in [-0.1, -0.05) is 39.0 Å². The molecule has 3 aliphatic heterocycles. The zero-order chi connectivity index (χ0) is 34.1. The molecule has 2 saturated heterocycles. The van der Waals surface area contributed by atoms with E-state index < -0.39 is 23.5 Å². The van der Waals surface area contributed by atoms with E-state index in [9.17, 15) is 32.3 Å². The Hall–Kier alpha value is -4.26. The van der Waals surface area contributed by atoms with Crippen LogP contribution in [0.25, 0.3) is 10.8 Å². The number of rotatable bonds is 6. The van der Waals surface area contributed by atoms with Gasteiger partial charge in [0.15, 0.2) is 0 Å². The third-order valence-electron chi connectivity index (χ3n) is 9.80. The molecule has 1 atom stereocenters. The van der Waals surface area contributed by atoms with E-state index in [0.29, 0.717) is 56.6 Å². The van der Waals surface area contributed by atoms with Gasteiger partial charge >= 0.3 is 6.18 Å². The summed E-state index contributed by atoms with van der Waals surface area (Å²) >= 11 is 0. The van der Waals surface area contributed by atoms with Gasteiger partial charge in [-0.25, -0.2) is 0 Å². The van der Waals surface area contributed by atoms with Crippen LogP contribution in [0.4, 0.5) is 18.9 Å². The highest BCUT2D eigenvalue weighted by Gasteiger charge is 2.59. The Balaban J connectivity index is 0.000000376. The van der Waals surface area contributed by atoms with Crippen molar-refractivity contribution in [2.24, 2.45) is 11.1 Å². The van der Waals surface area contributed by atoms with Gasteiger partial charge in [0.1, 0.15) is 6.04 Å². The molecule has 4 amide bonds. The molecule has 0 radical (unpaired) electrons. The van der Waals surface area contributed by atoms with Crippen molar-refractivity contribution in [2.75, 3.05) is 24.5 Å². The third-order valence-corrected chi connectivity index (χ3v) is 9.80. The van der Waals surface area contributed by atoms with Crippen molar-refractivity contribution < 1.29 is 32.3 Å². The Bertz CT molecular complexity index is 1670. The predicted molar refractivity (Wildman–Crippen MR) is 171 cm³/mol. The maximum absolute atomic E-state index is 13.4. The van der Waals surface area contributed by atoms with Gasteiger partial charge in [0, 0.05) is 49.6 Å². The van der Waals surface area contributed by atoms with Crippen LogP contribution in [0.2, 0.25) is 0 Å². The monoisotopic (exact) mass is 654 g/mol. The summed E-state index contributed by atoms with van der Waals surface area (Å²) in [5.74, 6) is -0.960. The number of nitrogens with two attached hydrogens (primary N) is 1. The van der Waals surface area contributed by atoms with Crippen LogP contribution in [0.15, 0.2) is 42.7 Å². The molecular weight excluding hydrogens is 613 g/mol. The number of likely N-dealkylation sites (tertiary alicyclic amines) is 1. The maximum atomic E-state index is 13.4. The van der Waals surface area contributed by atoms with Crippen molar-refractivity contribution in [3.05, 3.63) is 59.4 Å². The highest BCUT2D eigenvalue weighted by molar-refractivity contribution is 6.27. The highest BCUT2D eigenvalue weighted by atomic mass is 19.4. The minimum absolute atomic E-state index is 0.208.